The van der Waals surface area contributed by atoms with Gasteiger partial charge in [0.05, 0.1) is 12.0 Å². The molecule has 0 saturated heterocycles. The normalized spacial score (nSPS) is 10.8. The van der Waals surface area contributed by atoms with Crippen LogP contribution < -0.4 is 11.2 Å². The quantitative estimate of drug-likeness (QED) is 0.492. The highest BCUT2D eigenvalue weighted by atomic mass is 32.2. The van der Waals surface area contributed by atoms with Crippen LogP contribution in [0.1, 0.15) is 5.56 Å². The summed E-state index contributed by atoms with van der Waals surface area (Å²) < 4.78 is 20.0. The zero-order chi connectivity index (χ0) is 17.6. The Balaban J connectivity index is 1.47. The minimum absolute atomic E-state index is 0.130. The van der Waals surface area contributed by atoms with Crippen LogP contribution in [0.5, 0.6) is 0 Å². The van der Waals surface area contributed by atoms with E-state index < -0.39 is 0 Å². The fourth-order valence-electron chi connectivity index (χ4n) is 2.17. The van der Waals surface area contributed by atoms with Crippen LogP contribution in [0.2, 0.25) is 0 Å². The van der Waals surface area contributed by atoms with Crippen molar-refractivity contribution >= 4 is 17.7 Å². The lowest BCUT2D eigenvalue weighted by Crippen LogP contribution is -2.27. The number of aromatic nitrogens is 3. The Labute approximate surface area is 147 Å². The van der Waals surface area contributed by atoms with E-state index in [1.807, 2.05) is 0 Å². The van der Waals surface area contributed by atoms with Crippen LogP contribution in [0.15, 0.2) is 52.2 Å². The van der Waals surface area contributed by atoms with Crippen molar-refractivity contribution in [2.45, 2.75) is 11.6 Å². The summed E-state index contributed by atoms with van der Waals surface area (Å²) in [5.74, 6) is 6.46. The monoisotopic (exact) mass is 361 g/mol. The van der Waals surface area contributed by atoms with Crippen molar-refractivity contribution < 1.29 is 13.6 Å². The Morgan fingerprint density at radius 2 is 2.12 bits per heavy atom. The van der Waals surface area contributed by atoms with Gasteiger partial charge in [0.2, 0.25) is 16.9 Å². The van der Waals surface area contributed by atoms with Crippen LogP contribution in [-0.4, -0.2) is 33.1 Å². The molecule has 0 bridgehead atoms. The predicted molar refractivity (Wildman–Crippen MR) is 91.7 cm³/mol. The number of hydrogen-bond donors (Lipinski definition) is 2. The Kier molecular flexibility index (Phi) is 5.34. The average molecular weight is 361 g/mol. The standard InChI is InChI=1S/C16H16FN5O2S/c17-12-5-2-1-4-11(12)7-8-19-14(23)10-25-16-21-20-15(22(16)18)13-6-3-9-24-13/h1-6,9H,7-8,10,18H2,(H,19,23). The van der Waals surface area contributed by atoms with Crippen LogP contribution in [0.4, 0.5) is 4.39 Å². The van der Waals surface area contributed by atoms with Crippen LogP contribution in [0, 0.1) is 5.82 Å². The summed E-state index contributed by atoms with van der Waals surface area (Å²) in [5.41, 5.74) is 0.570. The van der Waals surface area contributed by atoms with Crippen molar-refractivity contribution in [1.82, 2.24) is 20.2 Å². The van der Waals surface area contributed by atoms with E-state index in [-0.39, 0.29) is 17.5 Å². The number of hydrogen-bond acceptors (Lipinski definition) is 6. The molecule has 0 aliphatic heterocycles. The van der Waals surface area contributed by atoms with Gasteiger partial charge in [0.1, 0.15) is 5.82 Å². The van der Waals surface area contributed by atoms with Crippen molar-refractivity contribution in [2.75, 3.05) is 18.1 Å². The third kappa shape index (κ3) is 4.18. The van der Waals surface area contributed by atoms with Gasteiger partial charge in [0, 0.05) is 6.54 Å². The summed E-state index contributed by atoms with van der Waals surface area (Å²) in [5, 5.41) is 11.0. The maximum atomic E-state index is 13.5. The molecule has 2 heterocycles. The molecule has 0 aliphatic carbocycles. The summed E-state index contributed by atoms with van der Waals surface area (Å²) >= 11 is 1.16. The van der Waals surface area contributed by atoms with Crippen molar-refractivity contribution in [3.05, 3.63) is 54.0 Å². The Bertz CT molecular complexity index is 850. The number of nitrogens with one attached hydrogen (secondary N) is 1. The van der Waals surface area contributed by atoms with E-state index in [4.69, 9.17) is 10.3 Å². The smallest absolute Gasteiger partial charge is 0.230 e. The van der Waals surface area contributed by atoms with Crippen LogP contribution in [0.3, 0.4) is 0 Å². The number of thioether (sulfide) groups is 1. The number of carbonyl (C=O) groups excluding carboxylic acids is 1. The van der Waals surface area contributed by atoms with Crippen molar-refractivity contribution in [1.29, 1.82) is 0 Å². The minimum Gasteiger partial charge on any atom is -0.461 e. The van der Waals surface area contributed by atoms with E-state index in [0.717, 1.165) is 11.8 Å². The van der Waals surface area contributed by atoms with E-state index in [1.54, 1.807) is 30.3 Å². The number of rotatable bonds is 7. The maximum Gasteiger partial charge on any atom is 0.230 e. The lowest BCUT2D eigenvalue weighted by molar-refractivity contribution is -0.118. The summed E-state index contributed by atoms with van der Waals surface area (Å²) in [7, 11) is 0. The number of nitrogens with zero attached hydrogens (tertiary/aromatic N) is 3. The van der Waals surface area contributed by atoms with E-state index in [9.17, 15) is 9.18 Å². The molecule has 3 rings (SSSR count). The number of nitrogens with two attached hydrogens (primary N) is 1. The molecule has 1 aromatic carbocycles. The van der Waals surface area contributed by atoms with Crippen LogP contribution in [0.25, 0.3) is 11.6 Å². The predicted octanol–water partition coefficient (Wildman–Crippen LogP) is 1.84. The van der Waals surface area contributed by atoms with Gasteiger partial charge >= 0.3 is 0 Å². The molecule has 25 heavy (non-hydrogen) atoms. The molecular formula is C16H16FN5O2S. The number of furan rings is 1. The van der Waals surface area contributed by atoms with E-state index in [2.05, 4.69) is 15.5 Å². The first-order valence-electron chi connectivity index (χ1n) is 7.52. The first kappa shape index (κ1) is 17.0. The number of benzene rings is 1. The zero-order valence-electron chi connectivity index (χ0n) is 13.2. The Hall–Kier alpha value is -2.81. The van der Waals surface area contributed by atoms with E-state index in [1.165, 1.54) is 17.0 Å². The van der Waals surface area contributed by atoms with Crippen molar-refractivity contribution in [3.63, 3.8) is 0 Å². The molecule has 1 amide bonds. The molecule has 130 valence electrons. The molecule has 0 spiro atoms. The van der Waals surface area contributed by atoms with Gasteiger partial charge in [-0.1, -0.05) is 30.0 Å². The van der Waals surface area contributed by atoms with Gasteiger partial charge in [-0.15, -0.1) is 10.2 Å². The van der Waals surface area contributed by atoms with Gasteiger partial charge in [-0.25, -0.2) is 9.07 Å². The largest absolute Gasteiger partial charge is 0.461 e. The summed E-state index contributed by atoms with van der Waals surface area (Å²) in [4.78, 5) is 11.9. The van der Waals surface area contributed by atoms with Crippen LogP contribution in [-0.2, 0) is 11.2 Å². The summed E-state index contributed by atoms with van der Waals surface area (Å²) in [6, 6.07) is 9.94. The lowest BCUT2D eigenvalue weighted by atomic mass is 10.1. The van der Waals surface area contributed by atoms with Gasteiger partial charge in [0.15, 0.2) is 5.76 Å². The topological polar surface area (TPSA) is 99.0 Å². The molecule has 0 saturated carbocycles. The third-order valence-electron chi connectivity index (χ3n) is 3.41. The van der Waals surface area contributed by atoms with Crippen molar-refractivity contribution in [3.8, 4) is 11.6 Å². The highest BCUT2D eigenvalue weighted by Crippen LogP contribution is 2.21. The SMILES string of the molecule is Nn1c(SCC(=O)NCCc2ccccc2F)nnc1-c1ccco1. The Morgan fingerprint density at radius 3 is 2.88 bits per heavy atom. The first-order valence-corrected chi connectivity index (χ1v) is 8.51. The second-order valence-corrected chi connectivity index (χ2v) is 6.08. The molecule has 0 aliphatic rings. The fraction of sp³-hybridized carbons (Fsp3) is 0.188. The molecule has 7 nitrogen and oxygen atoms in total. The zero-order valence-corrected chi connectivity index (χ0v) is 14.0. The second kappa shape index (κ2) is 7.84. The molecule has 3 N–H and O–H groups in total. The first-order chi connectivity index (χ1) is 12.1. The average Bonchev–Trinajstić information content (AvgIpc) is 3.24. The number of nitrogen functional groups attached to an aromatic ring is 1. The van der Waals surface area contributed by atoms with Gasteiger partial charge in [-0.2, -0.15) is 0 Å². The number of carbonyl (C=O) groups is 1. The van der Waals surface area contributed by atoms with E-state index >= 15 is 0 Å². The number of halogens is 1. The molecule has 9 heteroatoms. The summed E-state index contributed by atoms with van der Waals surface area (Å²) in [6.07, 6.45) is 1.94. The maximum absolute atomic E-state index is 13.5. The van der Waals surface area contributed by atoms with Gasteiger partial charge in [0.25, 0.3) is 0 Å². The summed E-state index contributed by atoms with van der Waals surface area (Å²) in [6.45, 7) is 0.354. The fourth-order valence-corrected chi connectivity index (χ4v) is 2.85. The molecular weight excluding hydrogens is 345 g/mol. The highest BCUT2D eigenvalue weighted by molar-refractivity contribution is 7.99. The van der Waals surface area contributed by atoms with Gasteiger partial charge < -0.3 is 15.6 Å². The number of amides is 1. The molecule has 0 atom stereocenters. The van der Waals surface area contributed by atoms with Gasteiger partial charge in [-0.3, -0.25) is 4.79 Å². The Morgan fingerprint density at radius 1 is 1.28 bits per heavy atom. The molecule has 0 radical (unpaired) electrons. The lowest BCUT2D eigenvalue weighted by Gasteiger charge is -2.06. The molecule has 0 fully saturated rings. The van der Waals surface area contributed by atoms with E-state index in [0.29, 0.717) is 35.3 Å². The van der Waals surface area contributed by atoms with Crippen molar-refractivity contribution in [2.24, 2.45) is 0 Å². The van der Waals surface area contributed by atoms with Crippen LogP contribution >= 0.6 is 11.8 Å². The van der Waals surface area contributed by atoms with Gasteiger partial charge in [-0.05, 0) is 30.2 Å². The highest BCUT2D eigenvalue weighted by Gasteiger charge is 2.15. The minimum atomic E-state index is -0.271. The molecule has 3 aromatic rings. The molecule has 0 unspecified atom stereocenters. The molecule has 2 aromatic heterocycles. The third-order valence-corrected chi connectivity index (χ3v) is 4.36. The second-order valence-electron chi connectivity index (χ2n) is 5.13.